The van der Waals surface area contributed by atoms with Gasteiger partial charge in [0.05, 0.1) is 12.2 Å². The molecule has 5 nitrogen and oxygen atoms in total. The highest BCUT2D eigenvalue weighted by atomic mass is 32.1. The predicted octanol–water partition coefficient (Wildman–Crippen LogP) is 9.77. The fourth-order valence-corrected chi connectivity index (χ4v) is 6.48. The number of rotatable bonds is 9. The van der Waals surface area contributed by atoms with Gasteiger partial charge in [-0.1, -0.05) is 85.3 Å². The fourth-order valence-electron chi connectivity index (χ4n) is 6.48. The number of hydrogen-bond donors (Lipinski definition) is 2. The van der Waals surface area contributed by atoms with Crippen LogP contribution in [-0.4, -0.2) is 30.7 Å². The monoisotopic (exact) mass is 577 g/mol. The highest BCUT2D eigenvalue weighted by molar-refractivity contribution is 7.78. The van der Waals surface area contributed by atoms with E-state index < -0.39 is 6.10 Å². The molecule has 0 bridgehead atoms. The molecule has 6 unspecified atom stereocenters. The van der Waals surface area contributed by atoms with Crippen molar-refractivity contribution in [2.45, 2.75) is 131 Å². The van der Waals surface area contributed by atoms with Gasteiger partial charge in [0.15, 0.2) is 0 Å². The third-order valence-corrected chi connectivity index (χ3v) is 9.16. The number of thiol groups is 1. The average molecular weight is 578 g/mol. The van der Waals surface area contributed by atoms with Crippen molar-refractivity contribution < 1.29 is 14.6 Å². The number of ether oxygens (including phenoxy) is 1. The van der Waals surface area contributed by atoms with Crippen LogP contribution in [-0.2, 0) is 9.53 Å². The fraction of sp³-hybridized carbons (Fsp3) is 0.735. The Bertz CT molecular complexity index is 834. The standard InChI is InChI=1S/C28H42O3.C4H10.C2H6.HNOS/c1-19(18-29)17-25(31-5)14-12-24-13-15-26-23(7-6-16-28(24,26)4)11-10-22-9-8-20(2)27(30)21(22)3;1-3-4-2;1-2;2-1-3/h10-11,18,20,24-27,30H,1,3,6-9,12-17H2,2,4-5H3;3-4H2,1-2H3;1-2H3;(H,2,3)/b22-10-,23-11+;;;. The molecule has 0 aliphatic heterocycles. The maximum absolute atomic E-state index is 10.9. The smallest absolute Gasteiger partial charge is 0.145 e. The molecule has 0 aromatic rings. The first-order chi connectivity index (χ1) is 19.1. The minimum Gasteiger partial charge on any atom is -0.388 e. The minimum atomic E-state index is -0.394. The number of aliphatic hydroxyl groups is 1. The summed E-state index contributed by atoms with van der Waals surface area (Å²) in [5.74, 6) is 1.68. The first kappa shape index (κ1) is 38.5. The lowest BCUT2D eigenvalue weighted by molar-refractivity contribution is -0.105. The number of allylic oxidation sites excluding steroid dienone is 3. The molecule has 40 heavy (non-hydrogen) atoms. The molecule has 6 atom stereocenters. The van der Waals surface area contributed by atoms with Gasteiger partial charge in [0, 0.05) is 30.9 Å². The van der Waals surface area contributed by atoms with E-state index in [2.05, 4.69) is 65.8 Å². The van der Waals surface area contributed by atoms with Crippen LogP contribution >= 0.6 is 12.8 Å². The molecule has 6 heteroatoms. The molecule has 0 radical (unpaired) electrons. The normalized spacial score (nSPS) is 30.0. The van der Waals surface area contributed by atoms with Gasteiger partial charge in [0.25, 0.3) is 0 Å². The Morgan fingerprint density at radius 1 is 1.20 bits per heavy atom. The van der Waals surface area contributed by atoms with Gasteiger partial charge in [-0.05, 0) is 97.7 Å². The topological polar surface area (TPSA) is 76.0 Å². The van der Waals surface area contributed by atoms with Gasteiger partial charge in [-0.3, -0.25) is 4.79 Å². The van der Waals surface area contributed by atoms with Crippen molar-refractivity contribution in [1.29, 1.82) is 0 Å². The summed E-state index contributed by atoms with van der Waals surface area (Å²) in [4.78, 5) is 19.4. The van der Waals surface area contributed by atoms with Crippen LogP contribution in [0, 0.1) is 28.1 Å². The zero-order valence-corrected chi connectivity index (χ0v) is 27.5. The molecule has 0 amide bonds. The first-order valence-electron chi connectivity index (χ1n) is 15.5. The summed E-state index contributed by atoms with van der Waals surface area (Å²) in [5.41, 5.74) is 4.74. The molecule has 0 aromatic carbocycles. The second-order valence-electron chi connectivity index (χ2n) is 11.6. The van der Waals surface area contributed by atoms with Gasteiger partial charge < -0.3 is 9.84 Å². The molecular weight excluding hydrogens is 518 g/mol. The summed E-state index contributed by atoms with van der Waals surface area (Å²) in [6, 6.07) is 0. The number of fused-ring (bicyclic) bond motifs is 1. The van der Waals surface area contributed by atoms with E-state index in [1.165, 1.54) is 50.5 Å². The third kappa shape index (κ3) is 11.8. The van der Waals surface area contributed by atoms with Crippen molar-refractivity contribution in [1.82, 2.24) is 0 Å². The molecular formula is C34H59NO4S. The Balaban J connectivity index is 0.00000149. The molecule has 0 heterocycles. The van der Waals surface area contributed by atoms with E-state index >= 15 is 0 Å². The van der Waals surface area contributed by atoms with Crippen molar-refractivity contribution in [2.75, 3.05) is 7.11 Å². The summed E-state index contributed by atoms with van der Waals surface area (Å²) in [5, 5.41) is 10.4. The lowest BCUT2D eigenvalue weighted by Gasteiger charge is -2.42. The summed E-state index contributed by atoms with van der Waals surface area (Å²) < 4.78 is 7.58. The number of nitroso groups, excluding NO2 is 1. The van der Waals surface area contributed by atoms with Crippen LogP contribution in [0.1, 0.15) is 119 Å². The summed E-state index contributed by atoms with van der Waals surface area (Å²) in [6.07, 6.45) is 19.0. The number of aldehydes is 1. The summed E-state index contributed by atoms with van der Waals surface area (Å²) >= 11 is 2.86. The molecule has 0 spiro atoms. The molecule has 0 aromatic heterocycles. The molecule has 1 N–H and O–H groups in total. The zero-order chi connectivity index (χ0) is 30.7. The van der Waals surface area contributed by atoms with Crippen molar-refractivity contribution >= 4 is 19.1 Å². The van der Waals surface area contributed by atoms with Crippen LogP contribution in [0.15, 0.2) is 52.2 Å². The van der Waals surface area contributed by atoms with Crippen molar-refractivity contribution in [3.8, 4) is 0 Å². The predicted molar refractivity (Wildman–Crippen MR) is 174 cm³/mol. The number of aliphatic hydroxyl groups excluding tert-OH is 1. The van der Waals surface area contributed by atoms with Crippen LogP contribution in [0.3, 0.4) is 0 Å². The van der Waals surface area contributed by atoms with Gasteiger partial charge in [-0.15, -0.1) is 4.91 Å². The van der Waals surface area contributed by atoms with E-state index in [-0.39, 0.29) is 6.10 Å². The number of carbonyl (C=O) groups is 1. The van der Waals surface area contributed by atoms with Gasteiger partial charge >= 0.3 is 0 Å². The van der Waals surface area contributed by atoms with Crippen molar-refractivity contribution in [3.63, 3.8) is 0 Å². The maximum atomic E-state index is 10.9. The van der Waals surface area contributed by atoms with Crippen LogP contribution in [0.5, 0.6) is 0 Å². The molecule has 3 fully saturated rings. The molecule has 3 saturated carbocycles. The Morgan fingerprint density at radius 2 is 1.82 bits per heavy atom. The quantitative estimate of drug-likeness (QED) is 0.124. The lowest BCUT2D eigenvalue weighted by Crippen LogP contribution is -2.33. The second kappa shape index (κ2) is 21.2. The van der Waals surface area contributed by atoms with E-state index in [0.29, 0.717) is 35.2 Å². The molecule has 3 aliphatic carbocycles. The molecule has 3 aliphatic rings. The Labute approximate surface area is 251 Å². The van der Waals surface area contributed by atoms with E-state index in [1.54, 1.807) is 12.7 Å². The summed E-state index contributed by atoms with van der Waals surface area (Å²) in [6.45, 7) is 21.0. The maximum Gasteiger partial charge on any atom is 0.145 e. The number of carbonyl (C=O) groups excluding carboxylic acids is 1. The number of hydrogen-bond acceptors (Lipinski definition) is 5. The van der Waals surface area contributed by atoms with Crippen molar-refractivity contribution in [2.24, 2.45) is 27.8 Å². The van der Waals surface area contributed by atoms with Crippen LogP contribution < -0.4 is 0 Å². The SMILES string of the molecule is C=C(C=O)CC(CCC1CCC2/C(=C/C=C3/CCC(C)C(O)C3=C)CCCC12C)OC.CC.CCCC.O=NS. The number of methoxy groups -OCH3 is 1. The number of nitrogens with zero attached hydrogens (tertiary/aromatic N) is 1. The lowest BCUT2D eigenvalue weighted by atomic mass is 9.62. The van der Waals surface area contributed by atoms with E-state index in [9.17, 15) is 9.90 Å². The highest BCUT2D eigenvalue weighted by Crippen LogP contribution is 2.58. The molecule has 3 rings (SSSR count). The van der Waals surface area contributed by atoms with Crippen LogP contribution in [0.2, 0.25) is 0 Å². The van der Waals surface area contributed by atoms with E-state index in [1.807, 2.05) is 18.4 Å². The second-order valence-corrected chi connectivity index (χ2v) is 11.8. The van der Waals surface area contributed by atoms with Gasteiger partial charge in [0.1, 0.15) is 6.29 Å². The summed E-state index contributed by atoms with van der Waals surface area (Å²) in [7, 11) is 1.74. The van der Waals surface area contributed by atoms with Crippen LogP contribution in [0.4, 0.5) is 0 Å². The Morgan fingerprint density at radius 3 is 2.38 bits per heavy atom. The average Bonchev–Trinajstić information content (AvgIpc) is 3.31. The number of unbranched alkanes of at least 4 members (excludes halogenated alkanes) is 1. The van der Waals surface area contributed by atoms with Crippen molar-refractivity contribution in [3.05, 3.63) is 52.5 Å². The van der Waals surface area contributed by atoms with Crippen LogP contribution in [0.25, 0.3) is 0 Å². The highest BCUT2D eigenvalue weighted by Gasteiger charge is 2.48. The largest absolute Gasteiger partial charge is 0.388 e. The van der Waals surface area contributed by atoms with E-state index in [0.717, 1.165) is 37.5 Å². The van der Waals surface area contributed by atoms with Gasteiger partial charge in [-0.25, -0.2) is 0 Å². The Hall–Kier alpha value is -1.50. The zero-order valence-electron chi connectivity index (χ0n) is 26.6. The molecule has 230 valence electrons. The molecule has 0 saturated heterocycles. The van der Waals surface area contributed by atoms with Gasteiger partial charge in [0.2, 0.25) is 0 Å². The van der Waals surface area contributed by atoms with Gasteiger partial charge in [-0.2, -0.15) is 0 Å². The van der Waals surface area contributed by atoms with E-state index in [4.69, 9.17) is 9.64 Å². The first-order valence-corrected chi connectivity index (χ1v) is 15.9. The Kier molecular flexibility index (Phi) is 20.4. The minimum absolute atomic E-state index is 0.0924. The third-order valence-electron chi connectivity index (χ3n) is 9.16.